The second-order valence-corrected chi connectivity index (χ2v) is 8.00. The van der Waals surface area contributed by atoms with E-state index in [1.165, 1.54) is 11.1 Å². The number of hydrogen-bond donors (Lipinski definition) is 1. The smallest absolute Gasteiger partial charge is 0.123 e. The molecule has 1 saturated heterocycles. The molecule has 0 radical (unpaired) electrons. The molecule has 2 aromatic carbocycles. The lowest BCUT2D eigenvalue weighted by molar-refractivity contribution is 0.197. The molecule has 2 nitrogen and oxygen atoms in total. The van der Waals surface area contributed by atoms with Gasteiger partial charge < -0.3 is 10.1 Å². The number of rotatable bonds is 4. The molecule has 4 heteroatoms. The number of halogens is 2. The van der Waals surface area contributed by atoms with Crippen LogP contribution in [0.3, 0.4) is 0 Å². The largest absolute Gasteiger partial charge is 0.493 e. The molecule has 1 heterocycles. The molecule has 1 aliphatic rings. The first-order chi connectivity index (χ1) is 11.9. The van der Waals surface area contributed by atoms with Crippen LogP contribution in [0.25, 0.3) is 0 Å². The molecule has 0 spiro atoms. The predicted molar refractivity (Wildman–Crippen MR) is 108 cm³/mol. The minimum atomic E-state index is -0.176. The molecule has 0 aliphatic carbocycles. The molecule has 0 bridgehead atoms. The molecule has 1 aliphatic heterocycles. The van der Waals surface area contributed by atoms with Crippen molar-refractivity contribution in [2.45, 2.75) is 38.5 Å². The van der Waals surface area contributed by atoms with Gasteiger partial charge in [-0.25, -0.2) is 4.39 Å². The first-order valence-corrected chi connectivity index (χ1v) is 9.13. The summed E-state index contributed by atoms with van der Waals surface area (Å²) in [5, 5.41) is 3.46. The van der Waals surface area contributed by atoms with Crippen molar-refractivity contribution < 1.29 is 9.13 Å². The highest BCUT2D eigenvalue weighted by Gasteiger charge is 2.27. The predicted octanol–water partition coefficient (Wildman–Crippen LogP) is 5.32. The van der Waals surface area contributed by atoms with E-state index < -0.39 is 0 Å². The fourth-order valence-corrected chi connectivity index (χ4v) is 3.50. The lowest BCUT2D eigenvalue weighted by atomic mass is 9.81. The minimum Gasteiger partial charge on any atom is -0.493 e. The quantitative estimate of drug-likeness (QED) is 0.778. The Hall–Kier alpha value is -1.58. The first kappa shape index (κ1) is 20.7. The van der Waals surface area contributed by atoms with Crippen molar-refractivity contribution >= 4 is 12.4 Å². The van der Waals surface area contributed by atoms with Crippen LogP contribution in [-0.2, 0) is 5.41 Å². The van der Waals surface area contributed by atoms with Crippen LogP contribution < -0.4 is 10.1 Å². The van der Waals surface area contributed by atoms with Crippen LogP contribution in [0.5, 0.6) is 5.75 Å². The Morgan fingerprint density at radius 2 is 1.69 bits per heavy atom. The molecule has 0 amide bonds. The summed E-state index contributed by atoms with van der Waals surface area (Å²) in [4.78, 5) is 0. The zero-order valence-electron chi connectivity index (χ0n) is 15.8. The van der Waals surface area contributed by atoms with Crippen molar-refractivity contribution in [1.82, 2.24) is 5.32 Å². The maximum Gasteiger partial charge on any atom is 0.123 e. The molecule has 1 fully saturated rings. The summed E-state index contributed by atoms with van der Waals surface area (Å²) in [5.74, 6) is 1.54. The van der Waals surface area contributed by atoms with Crippen LogP contribution in [0, 0.1) is 11.7 Å². The Morgan fingerprint density at radius 3 is 2.31 bits per heavy atom. The molecule has 1 N–H and O–H groups in total. The zero-order chi connectivity index (χ0) is 17.9. The van der Waals surface area contributed by atoms with Crippen molar-refractivity contribution in [3.8, 4) is 5.75 Å². The first-order valence-electron chi connectivity index (χ1n) is 9.13. The van der Waals surface area contributed by atoms with Crippen LogP contribution in [-0.4, -0.2) is 19.7 Å². The van der Waals surface area contributed by atoms with Crippen molar-refractivity contribution in [3.05, 3.63) is 65.5 Å². The average Bonchev–Trinajstić information content (AvgIpc) is 2.61. The topological polar surface area (TPSA) is 21.3 Å². The normalized spacial score (nSPS) is 20.3. The van der Waals surface area contributed by atoms with Gasteiger partial charge in [0.15, 0.2) is 0 Å². The van der Waals surface area contributed by atoms with Gasteiger partial charge >= 0.3 is 0 Å². The number of benzene rings is 2. The van der Waals surface area contributed by atoms with E-state index in [2.05, 4.69) is 50.4 Å². The Morgan fingerprint density at radius 1 is 1.04 bits per heavy atom. The van der Waals surface area contributed by atoms with Gasteiger partial charge in [-0.2, -0.15) is 0 Å². The van der Waals surface area contributed by atoms with Gasteiger partial charge in [0, 0.05) is 12.5 Å². The Labute approximate surface area is 162 Å². The van der Waals surface area contributed by atoms with Crippen LogP contribution in [0.15, 0.2) is 48.5 Å². The lowest BCUT2D eigenvalue weighted by Crippen LogP contribution is -2.38. The number of nitrogens with one attached hydrogen (secondary N) is 1. The maximum atomic E-state index is 13.2. The highest BCUT2D eigenvalue weighted by Crippen LogP contribution is 2.31. The fourth-order valence-electron chi connectivity index (χ4n) is 3.50. The van der Waals surface area contributed by atoms with Gasteiger partial charge in [0.25, 0.3) is 0 Å². The summed E-state index contributed by atoms with van der Waals surface area (Å²) in [6.07, 6.45) is 1.06. The van der Waals surface area contributed by atoms with Crippen molar-refractivity contribution in [1.29, 1.82) is 0 Å². The summed E-state index contributed by atoms with van der Waals surface area (Å²) in [6.45, 7) is 9.24. The van der Waals surface area contributed by atoms with E-state index >= 15 is 0 Å². The number of ether oxygens (including phenoxy) is 1. The minimum absolute atomic E-state index is 0. The SMILES string of the molecule is CC(C)(C)c1ccc(OCC2CNCCC2c2ccc(F)cc2)cc1.Cl. The molecule has 0 saturated carbocycles. The molecule has 0 aromatic heterocycles. The van der Waals surface area contributed by atoms with Crippen LogP contribution in [0.1, 0.15) is 44.2 Å². The van der Waals surface area contributed by atoms with Gasteiger partial charge in [0.2, 0.25) is 0 Å². The molecule has 2 aromatic rings. The zero-order valence-corrected chi connectivity index (χ0v) is 16.6. The average molecular weight is 378 g/mol. The maximum absolute atomic E-state index is 13.2. The highest BCUT2D eigenvalue weighted by atomic mass is 35.5. The van der Waals surface area contributed by atoms with Gasteiger partial charge in [0.1, 0.15) is 11.6 Å². The standard InChI is InChI=1S/C22H28FNO.ClH/c1-22(2,3)18-6-10-20(11-7-18)25-15-17-14-24-13-12-21(17)16-4-8-19(23)9-5-16;/h4-11,17,21,24H,12-15H2,1-3H3;1H. The molecule has 26 heavy (non-hydrogen) atoms. The summed E-state index contributed by atoms with van der Waals surface area (Å²) in [6, 6.07) is 15.3. The number of hydrogen-bond acceptors (Lipinski definition) is 2. The number of piperidine rings is 1. The second-order valence-electron chi connectivity index (χ2n) is 8.00. The van der Waals surface area contributed by atoms with E-state index in [9.17, 15) is 4.39 Å². The summed E-state index contributed by atoms with van der Waals surface area (Å²) >= 11 is 0. The van der Waals surface area contributed by atoms with Crippen LogP contribution in [0.4, 0.5) is 4.39 Å². The molecular weight excluding hydrogens is 349 g/mol. The van der Waals surface area contributed by atoms with Gasteiger partial charge in [-0.1, -0.05) is 45.0 Å². The Bertz CT molecular complexity index is 679. The van der Waals surface area contributed by atoms with E-state index in [0.717, 1.165) is 25.3 Å². The molecular formula is C22H29ClFNO. The lowest BCUT2D eigenvalue weighted by Gasteiger charge is -2.32. The van der Waals surface area contributed by atoms with Crippen molar-refractivity contribution in [2.75, 3.05) is 19.7 Å². The van der Waals surface area contributed by atoms with E-state index in [-0.39, 0.29) is 23.6 Å². The van der Waals surface area contributed by atoms with Crippen molar-refractivity contribution in [2.24, 2.45) is 5.92 Å². The summed E-state index contributed by atoms with van der Waals surface area (Å²) in [7, 11) is 0. The van der Waals surface area contributed by atoms with E-state index in [4.69, 9.17) is 4.74 Å². The van der Waals surface area contributed by atoms with E-state index in [1.54, 1.807) is 12.1 Å². The van der Waals surface area contributed by atoms with Gasteiger partial charge in [0.05, 0.1) is 6.61 Å². The second kappa shape index (κ2) is 8.88. The molecule has 2 unspecified atom stereocenters. The van der Waals surface area contributed by atoms with E-state index in [1.807, 2.05) is 12.1 Å². The monoisotopic (exact) mass is 377 g/mol. The van der Waals surface area contributed by atoms with Crippen LogP contribution >= 0.6 is 12.4 Å². The third kappa shape index (κ3) is 5.21. The van der Waals surface area contributed by atoms with E-state index in [0.29, 0.717) is 18.4 Å². The van der Waals surface area contributed by atoms with Gasteiger partial charge in [-0.15, -0.1) is 12.4 Å². The Balaban J connectivity index is 0.00000243. The Kier molecular flexibility index (Phi) is 7.08. The molecule has 3 rings (SSSR count). The van der Waals surface area contributed by atoms with Crippen molar-refractivity contribution in [3.63, 3.8) is 0 Å². The molecule has 142 valence electrons. The third-order valence-corrected chi connectivity index (χ3v) is 5.09. The van der Waals surface area contributed by atoms with Gasteiger partial charge in [-0.3, -0.25) is 0 Å². The van der Waals surface area contributed by atoms with Gasteiger partial charge in [-0.05, 0) is 59.7 Å². The fraction of sp³-hybridized carbons (Fsp3) is 0.455. The van der Waals surface area contributed by atoms with Crippen LogP contribution in [0.2, 0.25) is 0 Å². The summed E-state index contributed by atoms with van der Waals surface area (Å²) < 4.78 is 19.3. The third-order valence-electron chi connectivity index (χ3n) is 5.09. The molecule has 2 atom stereocenters. The highest BCUT2D eigenvalue weighted by molar-refractivity contribution is 5.85. The summed E-state index contributed by atoms with van der Waals surface area (Å²) in [5.41, 5.74) is 2.67.